The number of cyclic esters (lactones) is 1. The number of carbonyl (C=O) groups is 2. The number of piperidine rings is 1. The monoisotopic (exact) mass is 482 g/mol. The van der Waals surface area contributed by atoms with Crippen molar-refractivity contribution < 1.29 is 31.3 Å². The van der Waals surface area contributed by atoms with Crippen LogP contribution in [0.3, 0.4) is 0 Å². The maximum Gasteiger partial charge on any atom is 0.414 e. The summed E-state index contributed by atoms with van der Waals surface area (Å²) in [6.45, 7) is 9.96. The molecule has 0 bridgehead atoms. The second-order valence-corrected chi connectivity index (χ2v) is 9.84. The summed E-state index contributed by atoms with van der Waals surface area (Å²) in [4.78, 5) is 29.9. The maximum atomic E-state index is 14.9. The number of nitrogens with zero attached hydrogens (tertiary/aromatic N) is 3. The van der Waals surface area contributed by atoms with Gasteiger partial charge in [-0.25, -0.2) is 15.8 Å². The minimum Gasteiger partial charge on any atom is -0.442 e. The lowest BCUT2D eigenvalue weighted by molar-refractivity contribution is -0.119. The number of rotatable bonds is 8. The van der Waals surface area contributed by atoms with Crippen molar-refractivity contribution in [2.45, 2.75) is 31.9 Å². The number of anilines is 2. The van der Waals surface area contributed by atoms with E-state index in [9.17, 15) is 22.4 Å². The number of ether oxygens (including phenoxy) is 1. The van der Waals surface area contributed by atoms with E-state index < -0.39 is 34.2 Å². The fraction of sp³-hybridized carbons (Fsp3) is 0.571. The third kappa shape index (κ3) is 6.55. The second-order valence-electron chi connectivity index (χ2n) is 8.20. The molecule has 33 heavy (non-hydrogen) atoms. The summed E-state index contributed by atoms with van der Waals surface area (Å²) in [5.74, 6) is -0.747. The minimum absolute atomic E-state index is 0.0391. The summed E-state index contributed by atoms with van der Waals surface area (Å²) < 4.78 is 47.3. The molecule has 0 saturated carbocycles. The number of amides is 2. The first-order chi connectivity index (χ1) is 15.6. The van der Waals surface area contributed by atoms with Crippen LogP contribution in [0.1, 0.15) is 19.8 Å². The van der Waals surface area contributed by atoms with E-state index >= 15 is 0 Å². The molecule has 2 atom stereocenters. The van der Waals surface area contributed by atoms with Crippen molar-refractivity contribution in [1.82, 2.24) is 5.32 Å². The number of hydrogen-bond acceptors (Lipinski definition) is 7. The molecule has 0 aliphatic carbocycles. The third-order valence-corrected chi connectivity index (χ3v) is 6.30. The zero-order chi connectivity index (χ0) is 24.2. The van der Waals surface area contributed by atoms with Crippen molar-refractivity contribution in [3.8, 4) is 0 Å². The topological polar surface area (TPSA) is 110 Å². The Hall–Kier alpha value is -2.91. The molecule has 1 aromatic rings. The van der Waals surface area contributed by atoms with Gasteiger partial charge < -0.3 is 19.8 Å². The smallest absolute Gasteiger partial charge is 0.414 e. The zero-order valence-electron chi connectivity index (χ0n) is 18.5. The molecule has 2 aliphatic rings. The van der Waals surface area contributed by atoms with E-state index in [4.69, 9.17) is 15.5 Å². The Bertz CT molecular complexity index is 1040. The van der Waals surface area contributed by atoms with E-state index in [1.807, 2.05) is 4.90 Å². The van der Waals surface area contributed by atoms with Gasteiger partial charge in [-0.2, -0.15) is 8.42 Å². The van der Waals surface area contributed by atoms with Gasteiger partial charge in [0.2, 0.25) is 5.91 Å². The number of halogens is 1. The van der Waals surface area contributed by atoms with Crippen LogP contribution in [0.5, 0.6) is 0 Å². The average Bonchev–Trinajstić information content (AvgIpc) is 3.13. The van der Waals surface area contributed by atoms with Crippen molar-refractivity contribution in [3.63, 3.8) is 0 Å². The van der Waals surface area contributed by atoms with E-state index in [1.54, 1.807) is 12.1 Å². The lowest BCUT2D eigenvalue weighted by Gasteiger charge is -2.34. The quantitative estimate of drug-likeness (QED) is 0.444. The average molecular weight is 483 g/mol. The summed E-state index contributed by atoms with van der Waals surface area (Å²) in [7, 11) is -3.61. The summed E-state index contributed by atoms with van der Waals surface area (Å²) in [5.41, 5.74) is 0.763. The molecule has 0 aromatic heterocycles. The highest BCUT2D eigenvalue weighted by Gasteiger charge is 2.34. The molecule has 12 heteroatoms. The standard InChI is InChI=1S/C21H27FN4O6S/c1-14(27)24-11-17-12-26(21(28)32-17)16-4-5-20(18(22)10-16)25-8-6-15(7-9-25)19(23-2)13-31-33(3,29)30/h4-5,10,15,17,19H,6-9,11-13H2,1,3H3,(H,24,27)/t17-,19?/m0/s1. The van der Waals surface area contributed by atoms with Crippen LogP contribution in [-0.4, -0.2) is 71.6 Å². The normalized spacial score (nSPS) is 20.3. The van der Waals surface area contributed by atoms with Crippen molar-refractivity contribution in [3.05, 3.63) is 35.4 Å². The van der Waals surface area contributed by atoms with Crippen molar-refractivity contribution in [2.24, 2.45) is 5.92 Å². The van der Waals surface area contributed by atoms with Gasteiger partial charge in [-0.1, -0.05) is 0 Å². The molecule has 1 N–H and O–H groups in total. The van der Waals surface area contributed by atoms with E-state index in [-0.39, 0.29) is 31.5 Å². The molecule has 3 rings (SSSR count). The van der Waals surface area contributed by atoms with Crippen LogP contribution in [0.15, 0.2) is 18.2 Å². The van der Waals surface area contributed by atoms with Gasteiger partial charge in [0.05, 0.1) is 30.7 Å². The Balaban J connectivity index is 1.59. The van der Waals surface area contributed by atoms with Crippen LogP contribution in [0.4, 0.5) is 20.6 Å². The highest BCUT2D eigenvalue weighted by atomic mass is 32.2. The number of carbonyl (C=O) groups excluding carboxylic acids is 2. The van der Waals surface area contributed by atoms with Gasteiger partial charge in [0.15, 0.2) is 0 Å². The fourth-order valence-electron chi connectivity index (χ4n) is 4.01. The molecule has 2 aliphatic heterocycles. The number of hydrogen-bond donors (Lipinski definition) is 1. The summed E-state index contributed by atoms with van der Waals surface area (Å²) in [5, 5.41) is 2.59. The van der Waals surface area contributed by atoms with Gasteiger partial charge >= 0.3 is 6.09 Å². The molecule has 180 valence electrons. The molecular formula is C21H27FN4O6S. The summed E-state index contributed by atoms with van der Waals surface area (Å²) >= 11 is 0. The first-order valence-electron chi connectivity index (χ1n) is 10.6. The lowest BCUT2D eigenvalue weighted by Crippen LogP contribution is -2.39. The largest absolute Gasteiger partial charge is 0.442 e. The highest BCUT2D eigenvalue weighted by molar-refractivity contribution is 7.85. The third-order valence-electron chi connectivity index (χ3n) is 5.74. The molecule has 2 saturated heterocycles. The molecule has 2 amide bonds. The molecule has 0 radical (unpaired) electrons. The Morgan fingerprint density at radius 1 is 1.39 bits per heavy atom. The van der Waals surface area contributed by atoms with Crippen LogP contribution < -0.4 is 15.1 Å². The second kappa shape index (κ2) is 10.4. The van der Waals surface area contributed by atoms with E-state index in [0.29, 0.717) is 37.3 Å². The lowest BCUT2D eigenvalue weighted by atomic mass is 9.90. The van der Waals surface area contributed by atoms with Crippen molar-refractivity contribution >= 4 is 33.5 Å². The summed E-state index contributed by atoms with van der Waals surface area (Å²) in [6, 6.07) is 3.97. The highest BCUT2D eigenvalue weighted by Crippen LogP contribution is 2.31. The number of benzene rings is 1. The minimum atomic E-state index is -3.61. The molecule has 1 aromatic carbocycles. The Morgan fingerprint density at radius 2 is 2.09 bits per heavy atom. The predicted molar refractivity (Wildman–Crippen MR) is 119 cm³/mol. The van der Waals surface area contributed by atoms with Gasteiger partial charge in [0.1, 0.15) is 18.5 Å². The molecular weight excluding hydrogens is 455 g/mol. The maximum absolute atomic E-state index is 14.9. The van der Waals surface area contributed by atoms with Crippen molar-refractivity contribution in [2.75, 3.05) is 48.8 Å². The predicted octanol–water partition coefficient (Wildman–Crippen LogP) is 1.77. The van der Waals surface area contributed by atoms with Crippen LogP contribution in [-0.2, 0) is 23.8 Å². The molecule has 2 fully saturated rings. The Kier molecular flexibility index (Phi) is 7.76. The van der Waals surface area contributed by atoms with Gasteiger partial charge in [-0.3, -0.25) is 13.9 Å². The molecule has 0 spiro atoms. The Morgan fingerprint density at radius 3 is 2.67 bits per heavy atom. The van der Waals surface area contributed by atoms with E-state index in [2.05, 4.69) is 10.2 Å². The summed E-state index contributed by atoms with van der Waals surface area (Å²) in [6.07, 6.45) is 1.05. The van der Waals surface area contributed by atoms with Gasteiger partial charge in [0, 0.05) is 25.9 Å². The van der Waals surface area contributed by atoms with Crippen LogP contribution >= 0.6 is 0 Å². The SMILES string of the molecule is [C-]#[N+]C(COS(C)(=O)=O)C1CCN(c2ccc(N3C[C@H](CNC(C)=O)OC3=O)cc2F)CC1. The van der Waals surface area contributed by atoms with Crippen LogP contribution in [0, 0.1) is 18.3 Å². The number of nitrogens with one attached hydrogen (secondary N) is 1. The first kappa shape index (κ1) is 24.7. The van der Waals surface area contributed by atoms with Crippen molar-refractivity contribution in [1.29, 1.82) is 0 Å². The fourth-order valence-corrected chi connectivity index (χ4v) is 4.40. The van der Waals surface area contributed by atoms with Crippen LogP contribution in [0.25, 0.3) is 4.85 Å². The van der Waals surface area contributed by atoms with Gasteiger partial charge in [-0.05, 0) is 31.0 Å². The zero-order valence-corrected chi connectivity index (χ0v) is 19.3. The van der Waals surface area contributed by atoms with Gasteiger partial charge in [-0.15, -0.1) is 0 Å². The van der Waals surface area contributed by atoms with E-state index in [0.717, 1.165) is 6.26 Å². The Labute approximate surface area is 192 Å². The first-order valence-corrected chi connectivity index (χ1v) is 12.4. The molecule has 2 heterocycles. The van der Waals surface area contributed by atoms with Gasteiger partial charge in [0.25, 0.3) is 16.2 Å². The van der Waals surface area contributed by atoms with E-state index in [1.165, 1.54) is 17.9 Å². The molecule has 10 nitrogen and oxygen atoms in total. The molecule has 1 unspecified atom stereocenters. The van der Waals surface area contributed by atoms with Crippen LogP contribution in [0.2, 0.25) is 0 Å².